The molecular formula is C21H26Cl2N6O. The van der Waals surface area contributed by atoms with Crippen LogP contribution in [0.2, 0.25) is 0 Å². The van der Waals surface area contributed by atoms with Crippen LogP contribution in [0.25, 0.3) is 17.0 Å². The second kappa shape index (κ2) is 10.4. The summed E-state index contributed by atoms with van der Waals surface area (Å²) in [7, 11) is 1.65. The average molecular weight is 449 g/mol. The van der Waals surface area contributed by atoms with Crippen molar-refractivity contribution >= 4 is 30.5 Å². The molecular weight excluding hydrogens is 423 g/mol. The van der Waals surface area contributed by atoms with Gasteiger partial charge in [0.2, 0.25) is 0 Å². The third-order valence-electron chi connectivity index (χ3n) is 4.69. The van der Waals surface area contributed by atoms with Gasteiger partial charge in [0.1, 0.15) is 5.82 Å². The van der Waals surface area contributed by atoms with E-state index in [1.165, 1.54) is 0 Å². The first kappa shape index (κ1) is 23.6. The summed E-state index contributed by atoms with van der Waals surface area (Å²) in [6, 6.07) is 14.0. The first-order valence-corrected chi connectivity index (χ1v) is 9.58. The molecule has 0 spiro atoms. The highest BCUT2D eigenvalue weighted by molar-refractivity contribution is 5.85. The second-order valence-corrected chi connectivity index (χ2v) is 6.75. The molecule has 7 nitrogen and oxygen atoms in total. The van der Waals surface area contributed by atoms with Crippen molar-refractivity contribution in [3.05, 3.63) is 59.8 Å². The number of hydrogen-bond donors (Lipinski definition) is 0. The molecule has 30 heavy (non-hydrogen) atoms. The van der Waals surface area contributed by atoms with Crippen LogP contribution in [0.3, 0.4) is 0 Å². The van der Waals surface area contributed by atoms with Crippen molar-refractivity contribution in [1.82, 2.24) is 29.4 Å². The van der Waals surface area contributed by atoms with Crippen LogP contribution in [-0.2, 0) is 19.4 Å². The van der Waals surface area contributed by atoms with E-state index in [0.717, 1.165) is 59.5 Å². The zero-order chi connectivity index (χ0) is 19.5. The molecule has 0 N–H and O–H groups in total. The number of pyridine rings is 1. The molecule has 0 fully saturated rings. The van der Waals surface area contributed by atoms with Crippen molar-refractivity contribution in [3.63, 3.8) is 0 Å². The molecule has 9 heteroatoms. The fourth-order valence-corrected chi connectivity index (χ4v) is 3.25. The average Bonchev–Trinajstić information content (AvgIpc) is 3.33. The molecule has 0 aliphatic carbocycles. The number of methoxy groups -OCH3 is 1. The molecule has 0 atom stereocenters. The van der Waals surface area contributed by atoms with Crippen molar-refractivity contribution in [2.24, 2.45) is 0 Å². The van der Waals surface area contributed by atoms with E-state index >= 15 is 0 Å². The quantitative estimate of drug-likeness (QED) is 0.420. The van der Waals surface area contributed by atoms with E-state index in [0.29, 0.717) is 6.42 Å². The molecule has 0 aliphatic heterocycles. The highest BCUT2D eigenvalue weighted by Crippen LogP contribution is 2.20. The van der Waals surface area contributed by atoms with E-state index in [-0.39, 0.29) is 24.8 Å². The minimum atomic E-state index is 0. The Morgan fingerprint density at radius 1 is 0.933 bits per heavy atom. The standard InChI is InChI=1S/C21H24N6O.2ClH/c1-4-14-26-19(23-20(25-26)16-8-6-5-7-9-16)13-12-18-22-21-17(28-3)11-10-15(2)27(21)24-18;;/h5-11H,4,12-14H2,1-3H3;2*1H. The normalized spacial score (nSPS) is 10.5. The van der Waals surface area contributed by atoms with Crippen LogP contribution in [0.15, 0.2) is 42.5 Å². The Labute approximate surface area is 188 Å². The summed E-state index contributed by atoms with van der Waals surface area (Å²) in [6.45, 7) is 5.00. The van der Waals surface area contributed by atoms with Gasteiger partial charge in [-0.2, -0.15) is 10.2 Å². The van der Waals surface area contributed by atoms with Crippen molar-refractivity contribution in [2.75, 3.05) is 7.11 Å². The number of ether oxygens (including phenoxy) is 1. The molecule has 3 aromatic heterocycles. The van der Waals surface area contributed by atoms with E-state index in [9.17, 15) is 0 Å². The number of fused-ring (bicyclic) bond motifs is 1. The van der Waals surface area contributed by atoms with Gasteiger partial charge < -0.3 is 4.74 Å². The van der Waals surface area contributed by atoms with Crippen molar-refractivity contribution < 1.29 is 4.74 Å². The highest BCUT2D eigenvalue weighted by Gasteiger charge is 2.14. The number of aromatic nitrogens is 6. The minimum Gasteiger partial charge on any atom is -0.493 e. The van der Waals surface area contributed by atoms with Crippen LogP contribution in [0.5, 0.6) is 5.75 Å². The van der Waals surface area contributed by atoms with Crippen LogP contribution < -0.4 is 4.74 Å². The summed E-state index contributed by atoms with van der Waals surface area (Å²) in [6.07, 6.45) is 2.44. The van der Waals surface area contributed by atoms with Crippen molar-refractivity contribution in [3.8, 4) is 17.1 Å². The van der Waals surface area contributed by atoms with Crippen LogP contribution in [0.4, 0.5) is 0 Å². The lowest BCUT2D eigenvalue weighted by Crippen LogP contribution is -2.07. The van der Waals surface area contributed by atoms with Gasteiger partial charge in [0.15, 0.2) is 23.0 Å². The molecule has 0 amide bonds. The van der Waals surface area contributed by atoms with E-state index in [1.54, 1.807) is 7.11 Å². The van der Waals surface area contributed by atoms with E-state index < -0.39 is 0 Å². The predicted octanol–water partition coefficient (Wildman–Crippen LogP) is 4.34. The lowest BCUT2D eigenvalue weighted by atomic mass is 10.2. The van der Waals surface area contributed by atoms with Crippen LogP contribution in [0.1, 0.15) is 30.7 Å². The molecule has 4 rings (SSSR count). The SMILES string of the molecule is CCCn1nc(-c2ccccc2)nc1CCc1nc2c(OC)ccc(C)n2n1.Cl.Cl. The third-order valence-corrected chi connectivity index (χ3v) is 4.69. The molecule has 0 bridgehead atoms. The molecule has 0 radical (unpaired) electrons. The molecule has 1 aromatic carbocycles. The van der Waals surface area contributed by atoms with Gasteiger partial charge in [-0.05, 0) is 25.5 Å². The van der Waals surface area contributed by atoms with Gasteiger partial charge in [-0.25, -0.2) is 19.2 Å². The van der Waals surface area contributed by atoms with Gasteiger partial charge in [0.25, 0.3) is 0 Å². The predicted molar refractivity (Wildman–Crippen MR) is 122 cm³/mol. The van der Waals surface area contributed by atoms with Gasteiger partial charge >= 0.3 is 0 Å². The summed E-state index contributed by atoms with van der Waals surface area (Å²) in [5.74, 6) is 3.23. The van der Waals surface area contributed by atoms with Crippen LogP contribution in [-0.4, -0.2) is 36.5 Å². The molecule has 0 saturated carbocycles. The maximum Gasteiger partial charge on any atom is 0.198 e. The van der Waals surface area contributed by atoms with Gasteiger partial charge in [-0.15, -0.1) is 24.8 Å². The number of aryl methyl sites for hydroxylation is 4. The van der Waals surface area contributed by atoms with E-state index in [2.05, 4.69) is 17.0 Å². The summed E-state index contributed by atoms with van der Waals surface area (Å²) in [4.78, 5) is 9.45. The van der Waals surface area contributed by atoms with Crippen molar-refractivity contribution in [1.29, 1.82) is 0 Å². The van der Waals surface area contributed by atoms with Crippen LogP contribution >= 0.6 is 24.8 Å². The summed E-state index contributed by atoms with van der Waals surface area (Å²) >= 11 is 0. The molecule has 3 heterocycles. The lowest BCUT2D eigenvalue weighted by molar-refractivity contribution is 0.416. The Bertz CT molecular complexity index is 1090. The number of rotatable bonds is 7. The van der Waals surface area contributed by atoms with E-state index in [4.69, 9.17) is 14.8 Å². The molecule has 0 unspecified atom stereocenters. The Balaban J connectivity index is 0.00000160. The Morgan fingerprint density at radius 3 is 2.40 bits per heavy atom. The molecule has 160 valence electrons. The maximum atomic E-state index is 5.41. The Kier molecular flexibility index (Phi) is 8.20. The first-order chi connectivity index (χ1) is 13.7. The Morgan fingerprint density at radius 2 is 1.70 bits per heavy atom. The number of hydrogen-bond acceptors (Lipinski definition) is 5. The summed E-state index contributed by atoms with van der Waals surface area (Å²) in [5, 5.41) is 9.35. The van der Waals surface area contributed by atoms with E-state index in [1.807, 2.05) is 58.6 Å². The zero-order valence-corrected chi connectivity index (χ0v) is 18.9. The van der Waals surface area contributed by atoms with Gasteiger partial charge in [-0.3, -0.25) is 0 Å². The summed E-state index contributed by atoms with van der Waals surface area (Å²) in [5.41, 5.74) is 2.80. The van der Waals surface area contributed by atoms with Gasteiger partial charge in [-0.1, -0.05) is 37.3 Å². The maximum absolute atomic E-state index is 5.41. The number of nitrogens with zero attached hydrogens (tertiary/aromatic N) is 6. The molecule has 4 aromatic rings. The monoisotopic (exact) mass is 448 g/mol. The first-order valence-electron chi connectivity index (χ1n) is 9.58. The smallest absolute Gasteiger partial charge is 0.198 e. The molecule has 0 saturated heterocycles. The fourth-order valence-electron chi connectivity index (χ4n) is 3.25. The highest BCUT2D eigenvalue weighted by atomic mass is 35.5. The topological polar surface area (TPSA) is 70.1 Å². The number of halogens is 2. The second-order valence-electron chi connectivity index (χ2n) is 6.75. The van der Waals surface area contributed by atoms with Gasteiger partial charge in [0.05, 0.1) is 7.11 Å². The number of benzene rings is 1. The third kappa shape index (κ3) is 4.74. The zero-order valence-electron chi connectivity index (χ0n) is 17.3. The van der Waals surface area contributed by atoms with Crippen molar-refractivity contribution in [2.45, 2.75) is 39.7 Å². The minimum absolute atomic E-state index is 0. The van der Waals surface area contributed by atoms with Gasteiger partial charge in [0, 0.05) is 30.6 Å². The largest absolute Gasteiger partial charge is 0.493 e. The fraction of sp³-hybridized carbons (Fsp3) is 0.333. The Hall–Kier alpha value is -2.64. The molecule has 0 aliphatic rings. The van der Waals surface area contributed by atoms with Crippen LogP contribution in [0, 0.1) is 6.92 Å². The summed E-state index contributed by atoms with van der Waals surface area (Å²) < 4.78 is 9.25. The lowest BCUT2D eigenvalue weighted by Gasteiger charge is -2.02.